The van der Waals surface area contributed by atoms with Gasteiger partial charge in [0.1, 0.15) is 6.33 Å². The molecule has 0 N–H and O–H groups in total. The first-order valence-corrected chi connectivity index (χ1v) is 3.25. The first-order chi connectivity index (χ1) is 5.27. The van der Waals surface area contributed by atoms with E-state index in [1.54, 1.807) is 6.92 Å². The van der Waals surface area contributed by atoms with Gasteiger partial charge in [-0.05, 0) is 6.92 Å². The number of rotatable bonds is 0. The second kappa shape index (κ2) is 1.98. The van der Waals surface area contributed by atoms with Crippen molar-refractivity contribution in [1.29, 1.82) is 0 Å². The molecule has 2 rings (SSSR count). The third-order valence-electron chi connectivity index (χ3n) is 1.46. The molecule has 0 radical (unpaired) electrons. The van der Waals surface area contributed by atoms with E-state index in [0.29, 0.717) is 12.4 Å². The zero-order valence-corrected chi connectivity index (χ0v) is 5.98. The van der Waals surface area contributed by atoms with E-state index in [1.165, 1.54) is 11.0 Å². The van der Waals surface area contributed by atoms with Crippen molar-refractivity contribution in [3.8, 4) is 0 Å². The topological polar surface area (TPSA) is 60.1 Å². The highest BCUT2D eigenvalue weighted by molar-refractivity contribution is 6.04. The Labute approximate surface area is 62.8 Å². The van der Waals surface area contributed by atoms with Gasteiger partial charge in [0.05, 0.1) is 6.42 Å². The van der Waals surface area contributed by atoms with Crippen LogP contribution in [0.15, 0.2) is 11.3 Å². The molecule has 0 saturated heterocycles. The molecule has 0 spiro atoms. The number of nitrogens with zero attached hydrogens (tertiary/aromatic N) is 4. The van der Waals surface area contributed by atoms with E-state index in [4.69, 9.17) is 0 Å². The summed E-state index contributed by atoms with van der Waals surface area (Å²) in [4.78, 5) is 19.0. The lowest BCUT2D eigenvalue weighted by atomic mass is 10.2. The van der Waals surface area contributed by atoms with Crippen LogP contribution in [0.2, 0.25) is 0 Å². The van der Waals surface area contributed by atoms with Crippen molar-refractivity contribution in [2.45, 2.75) is 13.3 Å². The van der Waals surface area contributed by atoms with Crippen LogP contribution in [0.25, 0.3) is 0 Å². The highest BCUT2D eigenvalue weighted by Gasteiger charge is 2.17. The zero-order chi connectivity index (χ0) is 7.84. The van der Waals surface area contributed by atoms with Crippen molar-refractivity contribution in [3.05, 3.63) is 6.33 Å². The molecular formula is C6H6N4O. The zero-order valence-electron chi connectivity index (χ0n) is 5.98. The molecule has 0 aliphatic carbocycles. The van der Waals surface area contributed by atoms with E-state index >= 15 is 0 Å². The second-order valence-electron chi connectivity index (χ2n) is 2.39. The van der Waals surface area contributed by atoms with E-state index in [1.807, 2.05) is 0 Å². The highest BCUT2D eigenvalue weighted by Crippen LogP contribution is 2.13. The number of carbonyl (C=O) groups is 1. The van der Waals surface area contributed by atoms with Gasteiger partial charge in [0.2, 0.25) is 0 Å². The van der Waals surface area contributed by atoms with Gasteiger partial charge < -0.3 is 0 Å². The Hall–Kier alpha value is -1.52. The predicted molar refractivity (Wildman–Crippen MR) is 38.0 cm³/mol. The SMILES string of the molecule is CC1=Nc2ncnn2C(=O)C1. The quantitative estimate of drug-likeness (QED) is 0.538. The van der Waals surface area contributed by atoms with Crippen molar-refractivity contribution in [2.75, 3.05) is 0 Å². The fourth-order valence-electron chi connectivity index (χ4n) is 0.992. The number of carbonyl (C=O) groups excluding carboxylic acids is 1. The number of hydrogen-bond acceptors (Lipinski definition) is 4. The van der Waals surface area contributed by atoms with Gasteiger partial charge in [-0.3, -0.25) is 4.79 Å². The van der Waals surface area contributed by atoms with Crippen LogP contribution in [0.1, 0.15) is 18.1 Å². The number of aliphatic imine (C=N–C) groups is 1. The molecule has 5 nitrogen and oxygen atoms in total. The third kappa shape index (κ3) is 0.849. The smallest absolute Gasteiger partial charge is 0.255 e. The Morgan fingerprint density at radius 1 is 1.64 bits per heavy atom. The lowest BCUT2D eigenvalue weighted by Gasteiger charge is -2.06. The maximum atomic E-state index is 11.1. The maximum Gasteiger partial charge on any atom is 0.255 e. The molecule has 0 saturated carbocycles. The summed E-state index contributed by atoms with van der Waals surface area (Å²) in [5.41, 5.74) is 0.788. The Bertz CT molecular complexity index is 338. The molecule has 5 heteroatoms. The van der Waals surface area contributed by atoms with Crippen LogP contribution in [0.3, 0.4) is 0 Å². The second-order valence-corrected chi connectivity index (χ2v) is 2.39. The van der Waals surface area contributed by atoms with E-state index in [9.17, 15) is 4.79 Å². The molecule has 0 bridgehead atoms. The van der Waals surface area contributed by atoms with Gasteiger partial charge in [-0.25, -0.2) is 4.99 Å². The van der Waals surface area contributed by atoms with Crippen LogP contribution < -0.4 is 0 Å². The van der Waals surface area contributed by atoms with Gasteiger partial charge >= 0.3 is 0 Å². The number of fused-ring (bicyclic) bond motifs is 1. The monoisotopic (exact) mass is 150 g/mol. The van der Waals surface area contributed by atoms with Crippen LogP contribution in [-0.4, -0.2) is 26.4 Å². The first-order valence-electron chi connectivity index (χ1n) is 3.25. The summed E-state index contributed by atoms with van der Waals surface area (Å²) in [6, 6.07) is 0. The van der Waals surface area contributed by atoms with E-state index in [0.717, 1.165) is 5.71 Å². The van der Waals surface area contributed by atoms with Gasteiger partial charge in [0, 0.05) is 5.71 Å². The van der Waals surface area contributed by atoms with Gasteiger partial charge in [0.15, 0.2) is 0 Å². The molecule has 1 aliphatic heterocycles. The Balaban J connectivity index is 2.60. The highest BCUT2D eigenvalue weighted by atomic mass is 16.2. The minimum Gasteiger partial charge on any atom is -0.272 e. The largest absolute Gasteiger partial charge is 0.272 e. The van der Waals surface area contributed by atoms with Crippen LogP contribution in [0.4, 0.5) is 5.95 Å². The van der Waals surface area contributed by atoms with Gasteiger partial charge in [-0.1, -0.05) is 0 Å². The Kier molecular flexibility index (Phi) is 1.12. The molecule has 0 fully saturated rings. The molecule has 0 atom stereocenters. The molecule has 0 amide bonds. The summed E-state index contributed by atoms with van der Waals surface area (Å²) >= 11 is 0. The molecule has 1 aromatic rings. The number of hydrogen-bond donors (Lipinski definition) is 0. The molecule has 56 valence electrons. The van der Waals surface area contributed by atoms with Gasteiger partial charge in [-0.15, -0.1) is 0 Å². The minimum atomic E-state index is -0.0648. The molecule has 2 heterocycles. The lowest BCUT2D eigenvalue weighted by molar-refractivity contribution is 0.0906. The molecule has 1 aliphatic rings. The summed E-state index contributed by atoms with van der Waals surface area (Å²) in [5.74, 6) is 0.323. The van der Waals surface area contributed by atoms with Crippen molar-refractivity contribution in [1.82, 2.24) is 14.8 Å². The molecule has 0 aromatic carbocycles. The van der Waals surface area contributed by atoms with Crippen LogP contribution >= 0.6 is 0 Å². The van der Waals surface area contributed by atoms with Gasteiger partial charge in [-0.2, -0.15) is 14.8 Å². The molecular weight excluding hydrogens is 144 g/mol. The minimum absolute atomic E-state index is 0.0648. The summed E-state index contributed by atoms with van der Waals surface area (Å²) < 4.78 is 1.22. The average molecular weight is 150 g/mol. The maximum absolute atomic E-state index is 11.1. The third-order valence-corrected chi connectivity index (χ3v) is 1.46. The summed E-state index contributed by atoms with van der Waals surface area (Å²) in [5, 5.41) is 3.72. The van der Waals surface area contributed by atoms with Crippen molar-refractivity contribution >= 4 is 17.6 Å². The van der Waals surface area contributed by atoms with Crippen LogP contribution in [-0.2, 0) is 0 Å². The van der Waals surface area contributed by atoms with E-state index in [-0.39, 0.29) is 5.91 Å². The lowest BCUT2D eigenvalue weighted by Crippen LogP contribution is -2.19. The normalized spacial score (nSPS) is 16.1. The fourth-order valence-corrected chi connectivity index (χ4v) is 0.992. The standard InChI is InChI=1S/C6H6N4O/c1-4-2-5(11)10-6(9-4)7-3-8-10/h3H,2H2,1H3. The first kappa shape index (κ1) is 6.21. The van der Waals surface area contributed by atoms with Gasteiger partial charge in [0.25, 0.3) is 11.9 Å². The molecule has 0 unspecified atom stereocenters. The van der Waals surface area contributed by atoms with Crippen LogP contribution in [0.5, 0.6) is 0 Å². The van der Waals surface area contributed by atoms with Crippen molar-refractivity contribution in [2.24, 2.45) is 4.99 Å². The van der Waals surface area contributed by atoms with Crippen molar-refractivity contribution in [3.63, 3.8) is 0 Å². The predicted octanol–water partition coefficient (Wildman–Crippen LogP) is 0.414. The molecule has 11 heavy (non-hydrogen) atoms. The molecule has 1 aromatic heterocycles. The summed E-state index contributed by atoms with van der Waals surface area (Å²) in [7, 11) is 0. The average Bonchev–Trinajstić information content (AvgIpc) is 2.34. The number of aromatic nitrogens is 3. The Morgan fingerprint density at radius 3 is 3.27 bits per heavy atom. The summed E-state index contributed by atoms with van der Waals surface area (Å²) in [6.07, 6.45) is 1.67. The van der Waals surface area contributed by atoms with E-state index in [2.05, 4.69) is 15.1 Å². The van der Waals surface area contributed by atoms with Crippen molar-refractivity contribution < 1.29 is 4.79 Å². The summed E-state index contributed by atoms with van der Waals surface area (Å²) in [6.45, 7) is 1.80. The Morgan fingerprint density at radius 2 is 2.45 bits per heavy atom. The fraction of sp³-hybridized carbons (Fsp3) is 0.333. The van der Waals surface area contributed by atoms with Crippen LogP contribution in [0, 0.1) is 0 Å². The van der Waals surface area contributed by atoms with E-state index < -0.39 is 0 Å².